The molecule has 16 heavy (non-hydrogen) atoms. The van der Waals surface area contributed by atoms with Gasteiger partial charge in [0.2, 0.25) is 5.91 Å². The lowest BCUT2D eigenvalue weighted by Gasteiger charge is -2.11. The number of carbonyl (C=O) groups excluding carboxylic acids is 1. The van der Waals surface area contributed by atoms with Gasteiger partial charge in [-0.3, -0.25) is 9.48 Å². The van der Waals surface area contributed by atoms with Crippen molar-refractivity contribution in [1.82, 2.24) is 15.1 Å². The van der Waals surface area contributed by atoms with Crippen LogP contribution in [-0.4, -0.2) is 35.9 Å². The molecule has 0 saturated heterocycles. The zero-order valence-electron chi connectivity index (χ0n) is 9.44. The van der Waals surface area contributed by atoms with Gasteiger partial charge in [-0.1, -0.05) is 18.5 Å². The van der Waals surface area contributed by atoms with Crippen LogP contribution in [0.4, 0.5) is 0 Å². The second-order valence-electron chi connectivity index (χ2n) is 3.57. The maximum atomic E-state index is 11.6. The smallest absolute Gasteiger partial charge is 0.224 e. The van der Waals surface area contributed by atoms with Gasteiger partial charge in [0, 0.05) is 19.9 Å². The molecule has 1 heterocycles. The van der Waals surface area contributed by atoms with E-state index in [1.165, 1.54) is 0 Å². The fourth-order valence-electron chi connectivity index (χ4n) is 1.25. The van der Waals surface area contributed by atoms with Crippen LogP contribution in [0.2, 0.25) is 5.02 Å². The van der Waals surface area contributed by atoms with E-state index in [1.807, 2.05) is 6.92 Å². The number of nitrogens with one attached hydrogen (secondary N) is 1. The maximum Gasteiger partial charge on any atom is 0.224 e. The lowest BCUT2D eigenvalue weighted by Crippen LogP contribution is -2.33. The van der Waals surface area contributed by atoms with Crippen molar-refractivity contribution in [2.75, 3.05) is 20.3 Å². The molecule has 1 rings (SSSR count). The van der Waals surface area contributed by atoms with E-state index in [-0.39, 0.29) is 11.8 Å². The van der Waals surface area contributed by atoms with Crippen LogP contribution in [0.5, 0.6) is 0 Å². The van der Waals surface area contributed by atoms with Crippen molar-refractivity contribution in [3.8, 4) is 0 Å². The van der Waals surface area contributed by atoms with Crippen molar-refractivity contribution in [2.45, 2.75) is 13.5 Å². The van der Waals surface area contributed by atoms with Gasteiger partial charge in [0.15, 0.2) is 0 Å². The Bertz CT molecular complexity index is 341. The second-order valence-corrected chi connectivity index (χ2v) is 4.00. The summed E-state index contributed by atoms with van der Waals surface area (Å²) in [6, 6.07) is 0. The van der Waals surface area contributed by atoms with Crippen molar-refractivity contribution in [1.29, 1.82) is 0 Å². The molecular weight excluding hydrogens is 230 g/mol. The number of hydrogen-bond acceptors (Lipinski definition) is 3. The highest BCUT2D eigenvalue weighted by molar-refractivity contribution is 6.30. The van der Waals surface area contributed by atoms with Crippen LogP contribution in [0.3, 0.4) is 0 Å². The predicted molar refractivity (Wildman–Crippen MR) is 61.3 cm³/mol. The predicted octanol–water partition coefficient (Wildman–Crippen LogP) is 0.935. The van der Waals surface area contributed by atoms with Crippen LogP contribution in [-0.2, 0) is 16.1 Å². The molecule has 0 aromatic carbocycles. The van der Waals surface area contributed by atoms with E-state index in [1.54, 1.807) is 24.2 Å². The van der Waals surface area contributed by atoms with Crippen LogP contribution >= 0.6 is 11.6 Å². The molecule has 0 fully saturated rings. The molecule has 90 valence electrons. The number of methoxy groups -OCH3 is 1. The molecule has 0 aliphatic heterocycles. The normalized spacial score (nSPS) is 12.4. The monoisotopic (exact) mass is 245 g/mol. The number of rotatable bonds is 6. The first-order chi connectivity index (χ1) is 7.63. The zero-order chi connectivity index (χ0) is 12.0. The maximum absolute atomic E-state index is 11.6. The molecule has 1 aromatic heterocycles. The minimum atomic E-state index is -0.146. The minimum absolute atomic E-state index is 0.0105. The number of carbonyl (C=O) groups is 1. The van der Waals surface area contributed by atoms with E-state index in [2.05, 4.69) is 10.4 Å². The first-order valence-electron chi connectivity index (χ1n) is 5.08. The summed E-state index contributed by atoms with van der Waals surface area (Å²) in [5.74, 6) is -0.156. The van der Waals surface area contributed by atoms with Crippen molar-refractivity contribution < 1.29 is 9.53 Å². The number of hydrogen-bond donors (Lipinski definition) is 1. The van der Waals surface area contributed by atoms with Crippen molar-refractivity contribution in [3.05, 3.63) is 17.4 Å². The summed E-state index contributed by atoms with van der Waals surface area (Å²) in [6.07, 6.45) is 3.25. The summed E-state index contributed by atoms with van der Waals surface area (Å²) in [7, 11) is 1.60. The molecule has 0 spiro atoms. The molecule has 0 aliphatic rings. The Kier molecular flexibility index (Phi) is 5.28. The molecule has 5 nitrogen and oxygen atoms in total. The van der Waals surface area contributed by atoms with Crippen LogP contribution in [0.1, 0.15) is 6.92 Å². The topological polar surface area (TPSA) is 56.1 Å². The average molecular weight is 246 g/mol. The third-order valence-electron chi connectivity index (χ3n) is 2.12. The van der Waals surface area contributed by atoms with Gasteiger partial charge >= 0.3 is 0 Å². The summed E-state index contributed by atoms with van der Waals surface area (Å²) in [6.45, 7) is 3.41. The van der Waals surface area contributed by atoms with Gasteiger partial charge in [0.1, 0.15) is 0 Å². The van der Waals surface area contributed by atoms with Gasteiger partial charge in [-0.25, -0.2) is 0 Å². The highest BCUT2D eigenvalue weighted by Gasteiger charge is 2.13. The molecule has 1 atom stereocenters. The molecule has 0 aliphatic carbocycles. The van der Waals surface area contributed by atoms with Gasteiger partial charge in [-0.2, -0.15) is 5.10 Å². The molecule has 0 radical (unpaired) electrons. The number of ether oxygens (including phenoxy) is 1. The summed E-state index contributed by atoms with van der Waals surface area (Å²) < 4.78 is 6.50. The van der Waals surface area contributed by atoms with E-state index in [9.17, 15) is 4.79 Å². The number of amides is 1. The summed E-state index contributed by atoms with van der Waals surface area (Å²) in [5.41, 5.74) is 0. The lowest BCUT2D eigenvalue weighted by atomic mass is 10.1. The molecule has 0 saturated carbocycles. The molecule has 1 aromatic rings. The van der Waals surface area contributed by atoms with Gasteiger partial charge in [-0.05, 0) is 0 Å². The van der Waals surface area contributed by atoms with Gasteiger partial charge < -0.3 is 10.1 Å². The molecule has 0 unspecified atom stereocenters. The fourth-order valence-corrected chi connectivity index (χ4v) is 1.41. The number of aromatic nitrogens is 2. The lowest BCUT2D eigenvalue weighted by molar-refractivity contribution is -0.125. The molecular formula is C10H16ClN3O2. The van der Waals surface area contributed by atoms with Gasteiger partial charge in [-0.15, -0.1) is 0 Å². The zero-order valence-corrected chi connectivity index (χ0v) is 10.2. The summed E-state index contributed by atoms with van der Waals surface area (Å²) in [4.78, 5) is 11.6. The standard InChI is InChI=1S/C10H16ClN3O2/c1-8(10(15)12-3-4-16-2)6-14-7-9(11)5-13-14/h5,7-8H,3-4,6H2,1-2H3,(H,12,15)/t8-/m0/s1. The molecule has 0 bridgehead atoms. The summed E-state index contributed by atoms with van der Waals surface area (Å²) in [5, 5.41) is 7.36. The van der Waals surface area contributed by atoms with E-state index in [4.69, 9.17) is 16.3 Å². The molecule has 6 heteroatoms. The Balaban J connectivity index is 2.34. The van der Waals surface area contributed by atoms with E-state index in [0.29, 0.717) is 24.7 Å². The van der Waals surface area contributed by atoms with Crippen LogP contribution in [0.25, 0.3) is 0 Å². The average Bonchev–Trinajstić information content (AvgIpc) is 2.64. The second kappa shape index (κ2) is 6.50. The highest BCUT2D eigenvalue weighted by Crippen LogP contribution is 2.07. The Morgan fingerprint density at radius 2 is 2.50 bits per heavy atom. The van der Waals surface area contributed by atoms with Crippen molar-refractivity contribution in [2.24, 2.45) is 5.92 Å². The first-order valence-corrected chi connectivity index (χ1v) is 5.46. The number of nitrogens with zero attached hydrogens (tertiary/aromatic N) is 2. The minimum Gasteiger partial charge on any atom is -0.383 e. The van der Waals surface area contributed by atoms with Crippen molar-refractivity contribution >= 4 is 17.5 Å². The Labute approximate surface area is 99.7 Å². The van der Waals surface area contributed by atoms with Crippen LogP contribution < -0.4 is 5.32 Å². The number of halogens is 1. The Hall–Kier alpha value is -1.07. The van der Waals surface area contributed by atoms with Gasteiger partial charge in [0.25, 0.3) is 0 Å². The van der Waals surface area contributed by atoms with E-state index in [0.717, 1.165) is 0 Å². The third-order valence-corrected chi connectivity index (χ3v) is 2.31. The van der Waals surface area contributed by atoms with E-state index < -0.39 is 0 Å². The Morgan fingerprint density at radius 3 is 3.06 bits per heavy atom. The first kappa shape index (κ1) is 13.0. The molecule has 1 N–H and O–H groups in total. The third kappa shape index (κ3) is 4.20. The van der Waals surface area contributed by atoms with E-state index >= 15 is 0 Å². The van der Waals surface area contributed by atoms with Gasteiger partial charge in [0.05, 0.1) is 30.3 Å². The SMILES string of the molecule is COCCNC(=O)[C@@H](C)Cn1cc(Cl)cn1. The van der Waals surface area contributed by atoms with Crippen LogP contribution in [0.15, 0.2) is 12.4 Å². The van der Waals surface area contributed by atoms with Crippen LogP contribution in [0, 0.1) is 5.92 Å². The molecule has 1 amide bonds. The Morgan fingerprint density at radius 1 is 1.75 bits per heavy atom. The largest absolute Gasteiger partial charge is 0.383 e. The highest BCUT2D eigenvalue weighted by atomic mass is 35.5. The quantitative estimate of drug-likeness (QED) is 0.759. The fraction of sp³-hybridized carbons (Fsp3) is 0.600. The summed E-state index contributed by atoms with van der Waals surface area (Å²) >= 11 is 5.73. The van der Waals surface area contributed by atoms with Crippen molar-refractivity contribution in [3.63, 3.8) is 0 Å².